The lowest BCUT2D eigenvalue weighted by Gasteiger charge is -2.07. The van der Waals surface area contributed by atoms with E-state index in [1.807, 2.05) is 43.3 Å². The van der Waals surface area contributed by atoms with Crippen LogP contribution in [-0.2, 0) is 11.3 Å². The number of ketones is 1. The molecule has 0 N–H and O–H groups in total. The van der Waals surface area contributed by atoms with Crippen LogP contribution in [0.2, 0.25) is 0 Å². The summed E-state index contributed by atoms with van der Waals surface area (Å²) < 4.78 is 10.9. The van der Waals surface area contributed by atoms with E-state index in [2.05, 4.69) is 0 Å². The summed E-state index contributed by atoms with van der Waals surface area (Å²) in [6, 6.07) is 17.1. The van der Waals surface area contributed by atoms with Crippen LogP contribution in [0, 0.1) is 0 Å². The highest BCUT2D eigenvalue weighted by Crippen LogP contribution is 2.14. The van der Waals surface area contributed by atoms with Crippen LogP contribution in [0.5, 0.6) is 5.75 Å². The average Bonchev–Trinajstić information content (AvgIpc) is 2.58. The molecule has 0 radical (unpaired) electrons. The van der Waals surface area contributed by atoms with Crippen molar-refractivity contribution in [2.75, 3.05) is 6.61 Å². The minimum absolute atomic E-state index is 0.0460. The standard InChI is InChI=1S/C19H20O3/c1-2-3-13-21-15-19(20)17-9-11-18(12-10-17)22-14-16-7-5-4-6-8-16/h3-13H,2,14-15H2,1H3. The fourth-order valence-electron chi connectivity index (χ4n) is 1.85. The highest BCUT2D eigenvalue weighted by Gasteiger charge is 2.05. The topological polar surface area (TPSA) is 35.5 Å². The first-order chi connectivity index (χ1) is 10.8. The molecule has 3 nitrogen and oxygen atoms in total. The van der Waals surface area contributed by atoms with E-state index in [1.54, 1.807) is 30.5 Å². The lowest BCUT2D eigenvalue weighted by atomic mass is 10.1. The summed E-state index contributed by atoms with van der Waals surface area (Å²) >= 11 is 0. The SMILES string of the molecule is CCC=COCC(=O)c1ccc(OCc2ccccc2)cc1. The van der Waals surface area contributed by atoms with Crippen molar-refractivity contribution in [1.82, 2.24) is 0 Å². The third kappa shape index (κ3) is 5.09. The molecule has 0 unspecified atom stereocenters. The molecular formula is C19H20O3. The van der Waals surface area contributed by atoms with Crippen LogP contribution in [0.15, 0.2) is 66.9 Å². The minimum Gasteiger partial charge on any atom is -0.493 e. The second kappa shape index (κ2) is 8.67. The van der Waals surface area contributed by atoms with Gasteiger partial charge in [0.25, 0.3) is 0 Å². The van der Waals surface area contributed by atoms with E-state index >= 15 is 0 Å². The summed E-state index contributed by atoms with van der Waals surface area (Å²) in [5.74, 6) is 0.697. The van der Waals surface area contributed by atoms with Gasteiger partial charge < -0.3 is 9.47 Å². The van der Waals surface area contributed by atoms with Crippen LogP contribution in [-0.4, -0.2) is 12.4 Å². The van der Waals surface area contributed by atoms with Crippen LogP contribution >= 0.6 is 0 Å². The lowest BCUT2D eigenvalue weighted by Crippen LogP contribution is -2.06. The molecule has 0 atom stereocenters. The van der Waals surface area contributed by atoms with E-state index in [9.17, 15) is 4.79 Å². The Kier molecular flexibility index (Phi) is 6.24. The molecule has 2 aromatic carbocycles. The molecule has 22 heavy (non-hydrogen) atoms. The monoisotopic (exact) mass is 296 g/mol. The minimum atomic E-state index is -0.0460. The van der Waals surface area contributed by atoms with E-state index < -0.39 is 0 Å². The summed E-state index contributed by atoms with van der Waals surface area (Å²) in [7, 11) is 0. The Morgan fingerprint density at radius 2 is 1.77 bits per heavy atom. The number of benzene rings is 2. The molecule has 0 fully saturated rings. The first-order valence-electron chi connectivity index (χ1n) is 7.36. The predicted octanol–water partition coefficient (Wildman–Crippen LogP) is 4.39. The Morgan fingerprint density at radius 3 is 2.45 bits per heavy atom. The first-order valence-corrected chi connectivity index (χ1v) is 7.36. The molecule has 0 aliphatic heterocycles. The third-order valence-electron chi connectivity index (χ3n) is 3.07. The van der Waals surface area contributed by atoms with Gasteiger partial charge in [-0.25, -0.2) is 0 Å². The summed E-state index contributed by atoms with van der Waals surface area (Å²) in [4.78, 5) is 11.9. The maximum absolute atomic E-state index is 11.9. The molecule has 2 rings (SSSR count). The van der Waals surface area contributed by atoms with Gasteiger partial charge in [-0.2, -0.15) is 0 Å². The summed E-state index contributed by atoms with van der Waals surface area (Å²) in [5, 5.41) is 0. The molecule has 0 saturated heterocycles. The molecule has 0 saturated carbocycles. The van der Waals surface area contributed by atoms with E-state index in [-0.39, 0.29) is 12.4 Å². The highest BCUT2D eigenvalue weighted by molar-refractivity contribution is 5.97. The van der Waals surface area contributed by atoms with Gasteiger partial charge in [0, 0.05) is 5.56 Å². The van der Waals surface area contributed by atoms with Gasteiger partial charge in [0.05, 0.1) is 6.26 Å². The quantitative estimate of drug-likeness (QED) is 0.535. The Balaban J connectivity index is 1.84. The molecule has 2 aromatic rings. The number of hydrogen-bond donors (Lipinski definition) is 0. The number of rotatable bonds is 8. The Hall–Kier alpha value is -2.55. The smallest absolute Gasteiger partial charge is 0.200 e. The van der Waals surface area contributed by atoms with Gasteiger partial charge in [0.1, 0.15) is 12.4 Å². The van der Waals surface area contributed by atoms with Gasteiger partial charge in [0.15, 0.2) is 12.4 Å². The van der Waals surface area contributed by atoms with Gasteiger partial charge in [-0.1, -0.05) is 43.3 Å². The van der Waals surface area contributed by atoms with Crippen molar-refractivity contribution in [1.29, 1.82) is 0 Å². The number of carbonyl (C=O) groups excluding carboxylic acids is 1. The normalized spacial score (nSPS) is 10.6. The van der Waals surface area contributed by atoms with Gasteiger partial charge >= 0.3 is 0 Å². The average molecular weight is 296 g/mol. The van der Waals surface area contributed by atoms with E-state index in [4.69, 9.17) is 9.47 Å². The number of Topliss-reactive ketones (excluding diaryl/α,β-unsaturated/α-hetero) is 1. The fraction of sp³-hybridized carbons (Fsp3) is 0.211. The van der Waals surface area contributed by atoms with Crippen molar-refractivity contribution >= 4 is 5.78 Å². The Morgan fingerprint density at radius 1 is 1.05 bits per heavy atom. The molecular weight excluding hydrogens is 276 g/mol. The van der Waals surface area contributed by atoms with Crippen molar-refractivity contribution in [2.24, 2.45) is 0 Å². The van der Waals surface area contributed by atoms with Gasteiger partial charge in [0.2, 0.25) is 0 Å². The van der Waals surface area contributed by atoms with Crippen molar-refractivity contribution in [3.05, 3.63) is 78.1 Å². The number of ether oxygens (including phenoxy) is 2. The van der Waals surface area contributed by atoms with Gasteiger partial charge in [-0.05, 0) is 36.2 Å². The first kappa shape index (κ1) is 15.8. The second-order valence-corrected chi connectivity index (χ2v) is 4.81. The molecule has 0 amide bonds. The molecule has 3 heteroatoms. The summed E-state index contributed by atoms with van der Waals surface area (Å²) in [6.07, 6.45) is 4.32. The van der Waals surface area contributed by atoms with Crippen molar-refractivity contribution in [3.63, 3.8) is 0 Å². The second-order valence-electron chi connectivity index (χ2n) is 4.81. The predicted molar refractivity (Wildman–Crippen MR) is 86.9 cm³/mol. The molecule has 0 aliphatic rings. The van der Waals surface area contributed by atoms with Crippen LogP contribution in [0.25, 0.3) is 0 Å². The maximum Gasteiger partial charge on any atom is 0.200 e. The lowest BCUT2D eigenvalue weighted by molar-refractivity contribution is 0.0886. The fourth-order valence-corrected chi connectivity index (χ4v) is 1.85. The largest absolute Gasteiger partial charge is 0.493 e. The van der Waals surface area contributed by atoms with Crippen molar-refractivity contribution in [2.45, 2.75) is 20.0 Å². The van der Waals surface area contributed by atoms with E-state index in [1.165, 1.54) is 0 Å². The third-order valence-corrected chi connectivity index (χ3v) is 3.07. The van der Waals surface area contributed by atoms with Crippen LogP contribution in [0.4, 0.5) is 0 Å². The number of allylic oxidation sites excluding steroid dienone is 1. The molecule has 114 valence electrons. The summed E-state index contributed by atoms with van der Waals surface area (Å²) in [5.41, 5.74) is 1.73. The maximum atomic E-state index is 11.9. The molecule has 0 aromatic heterocycles. The van der Waals surface area contributed by atoms with Crippen molar-refractivity contribution < 1.29 is 14.3 Å². The van der Waals surface area contributed by atoms with Crippen LogP contribution in [0.1, 0.15) is 29.3 Å². The Labute approximate surface area is 131 Å². The van der Waals surface area contributed by atoms with Crippen LogP contribution < -0.4 is 4.74 Å². The van der Waals surface area contributed by atoms with Gasteiger partial charge in [-0.15, -0.1) is 0 Å². The highest BCUT2D eigenvalue weighted by atomic mass is 16.5. The number of carbonyl (C=O) groups is 1. The Bertz CT molecular complexity index is 600. The zero-order valence-electron chi connectivity index (χ0n) is 12.7. The van der Waals surface area contributed by atoms with Crippen molar-refractivity contribution in [3.8, 4) is 5.75 Å². The van der Waals surface area contributed by atoms with Crippen LogP contribution in [0.3, 0.4) is 0 Å². The van der Waals surface area contributed by atoms with E-state index in [0.717, 1.165) is 17.7 Å². The molecule has 0 heterocycles. The van der Waals surface area contributed by atoms with E-state index in [0.29, 0.717) is 12.2 Å². The zero-order chi connectivity index (χ0) is 15.6. The number of hydrogen-bond acceptors (Lipinski definition) is 3. The molecule has 0 bridgehead atoms. The summed E-state index contributed by atoms with van der Waals surface area (Å²) in [6.45, 7) is 2.58. The zero-order valence-corrected chi connectivity index (χ0v) is 12.7. The molecule has 0 aliphatic carbocycles. The van der Waals surface area contributed by atoms with Gasteiger partial charge in [-0.3, -0.25) is 4.79 Å². The molecule has 0 spiro atoms.